The highest BCUT2D eigenvalue weighted by molar-refractivity contribution is 7.89. The van der Waals surface area contributed by atoms with Crippen LogP contribution in [-0.4, -0.2) is 19.9 Å². The van der Waals surface area contributed by atoms with Gasteiger partial charge in [-0.1, -0.05) is 6.92 Å². The van der Waals surface area contributed by atoms with E-state index < -0.39 is 10.0 Å². The average molecular weight is 315 g/mol. The van der Waals surface area contributed by atoms with Crippen molar-refractivity contribution < 1.29 is 12.8 Å². The molecule has 0 amide bonds. The van der Waals surface area contributed by atoms with Crippen LogP contribution in [0.15, 0.2) is 27.0 Å². The highest BCUT2D eigenvalue weighted by Crippen LogP contribution is 2.19. The normalized spacial score (nSPS) is 11.9. The van der Waals surface area contributed by atoms with Crippen molar-refractivity contribution in [1.82, 2.24) is 15.0 Å². The Kier molecular flexibility index (Phi) is 4.92. The molecule has 0 aliphatic carbocycles. The van der Waals surface area contributed by atoms with E-state index in [2.05, 4.69) is 15.0 Å². The highest BCUT2D eigenvalue weighted by Gasteiger charge is 2.17. The first-order valence-electron chi connectivity index (χ1n) is 6.20. The van der Waals surface area contributed by atoms with Crippen LogP contribution >= 0.6 is 11.3 Å². The molecule has 0 fully saturated rings. The molecule has 110 valence electrons. The summed E-state index contributed by atoms with van der Waals surface area (Å²) in [6.45, 7) is 5.34. The zero-order chi connectivity index (χ0) is 14.6. The Morgan fingerprint density at radius 2 is 2.20 bits per heavy atom. The number of aryl methyl sites for hydroxylation is 1. The van der Waals surface area contributed by atoms with E-state index in [1.807, 2.05) is 6.92 Å². The van der Waals surface area contributed by atoms with Crippen molar-refractivity contribution in [2.24, 2.45) is 0 Å². The average Bonchev–Trinajstić information content (AvgIpc) is 3.03. The molecule has 20 heavy (non-hydrogen) atoms. The maximum Gasteiger partial charge on any atom is 0.241 e. The van der Waals surface area contributed by atoms with Crippen molar-refractivity contribution in [1.29, 1.82) is 0 Å². The molecule has 2 rings (SSSR count). The predicted octanol–water partition coefficient (Wildman–Crippen LogP) is 1.63. The molecule has 0 bridgehead atoms. The van der Waals surface area contributed by atoms with Gasteiger partial charge in [0.15, 0.2) is 0 Å². The fourth-order valence-electron chi connectivity index (χ4n) is 1.57. The van der Waals surface area contributed by atoms with Crippen molar-refractivity contribution in [2.45, 2.75) is 31.8 Å². The molecule has 2 heterocycles. The van der Waals surface area contributed by atoms with Gasteiger partial charge in [0.2, 0.25) is 15.9 Å². The third kappa shape index (κ3) is 3.89. The van der Waals surface area contributed by atoms with Crippen LogP contribution in [0.2, 0.25) is 0 Å². The third-order valence-corrected chi connectivity index (χ3v) is 5.04. The van der Waals surface area contributed by atoms with Crippen LogP contribution in [0.3, 0.4) is 0 Å². The second-order valence-electron chi connectivity index (χ2n) is 4.22. The lowest BCUT2D eigenvalue weighted by Gasteiger charge is -2.02. The quantitative estimate of drug-likeness (QED) is 0.811. The molecule has 6 nitrogen and oxygen atoms in total. The first-order chi connectivity index (χ1) is 9.51. The zero-order valence-electron chi connectivity index (χ0n) is 11.3. The number of sulfonamides is 1. The van der Waals surface area contributed by atoms with E-state index in [0.29, 0.717) is 18.2 Å². The first-order valence-corrected chi connectivity index (χ1v) is 8.56. The van der Waals surface area contributed by atoms with Crippen LogP contribution in [0.1, 0.15) is 23.5 Å². The molecule has 0 radical (unpaired) electrons. The minimum Gasteiger partial charge on any atom is -0.445 e. The SMILES string of the molecule is CCNCc1cc(S(=O)(=O)NCc2ncc(C)o2)cs1. The van der Waals surface area contributed by atoms with Gasteiger partial charge in [-0.25, -0.2) is 18.1 Å². The molecule has 2 aromatic rings. The summed E-state index contributed by atoms with van der Waals surface area (Å²) in [5, 5.41) is 4.79. The van der Waals surface area contributed by atoms with Gasteiger partial charge in [0, 0.05) is 16.8 Å². The van der Waals surface area contributed by atoms with Crippen LogP contribution in [0.4, 0.5) is 0 Å². The van der Waals surface area contributed by atoms with Crippen LogP contribution in [0.25, 0.3) is 0 Å². The van der Waals surface area contributed by atoms with E-state index in [1.54, 1.807) is 24.6 Å². The Morgan fingerprint density at radius 3 is 2.85 bits per heavy atom. The summed E-state index contributed by atoms with van der Waals surface area (Å²) in [4.78, 5) is 5.22. The fraction of sp³-hybridized carbons (Fsp3) is 0.417. The Balaban J connectivity index is 2.00. The van der Waals surface area contributed by atoms with Crippen LogP contribution in [0, 0.1) is 6.92 Å². The summed E-state index contributed by atoms with van der Waals surface area (Å²) in [7, 11) is -3.52. The lowest BCUT2D eigenvalue weighted by atomic mass is 10.4. The van der Waals surface area contributed by atoms with Crippen molar-refractivity contribution in [3.05, 3.63) is 34.2 Å². The lowest BCUT2D eigenvalue weighted by Crippen LogP contribution is -2.23. The minimum absolute atomic E-state index is 0.0502. The van der Waals surface area contributed by atoms with Gasteiger partial charge in [-0.2, -0.15) is 0 Å². The number of aromatic nitrogens is 1. The van der Waals surface area contributed by atoms with E-state index >= 15 is 0 Å². The van der Waals surface area contributed by atoms with Gasteiger partial charge in [0.1, 0.15) is 5.76 Å². The molecule has 8 heteroatoms. The van der Waals surface area contributed by atoms with E-state index in [9.17, 15) is 8.42 Å². The first kappa shape index (κ1) is 15.2. The van der Waals surface area contributed by atoms with E-state index in [4.69, 9.17) is 4.42 Å². The predicted molar refractivity (Wildman–Crippen MR) is 77.0 cm³/mol. The Hall–Kier alpha value is -1.22. The lowest BCUT2D eigenvalue weighted by molar-refractivity contribution is 0.463. The fourth-order valence-corrected chi connectivity index (χ4v) is 3.78. The molecule has 0 spiro atoms. The number of hydrogen-bond donors (Lipinski definition) is 2. The largest absolute Gasteiger partial charge is 0.445 e. The number of thiophene rings is 1. The molecular formula is C12H17N3O3S2. The minimum atomic E-state index is -3.52. The van der Waals surface area contributed by atoms with E-state index in [-0.39, 0.29) is 11.4 Å². The van der Waals surface area contributed by atoms with Gasteiger partial charge in [-0.05, 0) is 19.5 Å². The van der Waals surface area contributed by atoms with Gasteiger partial charge in [-0.3, -0.25) is 0 Å². The Morgan fingerprint density at radius 1 is 1.40 bits per heavy atom. The molecule has 0 aliphatic rings. The molecular weight excluding hydrogens is 298 g/mol. The van der Waals surface area contributed by atoms with Gasteiger partial charge in [-0.15, -0.1) is 11.3 Å². The van der Waals surface area contributed by atoms with Crippen LogP contribution < -0.4 is 10.0 Å². The molecule has 0 aliphatic heterocycles. The number of nitrogens with zero attached hydrogens (tertiary/aromatic N) is 1. The Labute approximate surface area is 122 Å². The van der Waals surface area contributed by atoms with Gasteiger partial charge < -0.3 is 9.73 Å². The summed E-state index contributed by atoms with van der Waals surface area (Å²) in [5.74, 6) is 1.01. The highest BCUT2D eigenvalue weighted by atomic mass is 32.2. The zero-order valence-corrected chi connectivity index (χ0v) is 13.0. The number of oxazole rings is 1. The summed E-state index contributed by atoms with van der Waals surface area (Å²) in [6, 6.07) is 1.68. The molecule has 0 saturated carbocycles. The van der Waals surface area contributed by atoms with Crippen molar-refractivity contribution in [3.63, 3.8) is 0 Å². The maximum absolute atomic E-state index is 12.1. The number of rotatable bonds is 7. The second-order valence-corrected chi connectivity index (χ2v) is 6.98. The van der Waals surface area contributed by atoms with Crippen molar-refractivity contribution in [3.8, 4) is 0 Å². The number of hydrogen-bond acceptors (Lipinski definition) is 6. The molecule has 0 unspecified atom stereocenters. The molecule has 2 aromatic heterocycles. The van der Waals surface area contributed by atoms with Gasteiger partial charge in [0.05, 0.1) is 17.6 Å². The van der Waals surface area contributed by atoms with Crippen molar-refractivity contribution in [2.75, 3.05) is 6.54 Å². The summed E-state index contributed by atoms with van der Waals surface area (Å²) in [5.41, 5.74) is 0. The number of nitrogens with one attached hydrogen (secondary N) is 2. The summed E-state index contributed by atoms with van der Waals surface area (Å²) in [6.07, 6.45) is 1.56. The second kappa shape index (κ2) is 6.49. The molecule has 2 N–H and O–H groups in total. The Bertz CT molecular complexity index is 661. The van der Waals surface area contributed by atoms with Crippen LogP contribution in [0.5, 0.6) is 0 Å². The summed E-state index contributed by atoms with van der Waals surface area (Å²) < 4.78 is 31.9. The standard InChI is InChI=1S/C12H17N3O3S2/c1-3-13-6-10-4-11(8-19-10)20(16,17)15-7-12-14-5-9(2)18-12/h4-5,8,13,15H,3,6-7H2,1-2H3. The van der Waals surface area contributed by atoms with E-state index in [0.717, 1.165) is 11.4 Å². The molecule has 0 aromatic carbocycles. The van der Waals surface area contributed by atoms with Crippen LogP contribution in [-0.2, 0) is 23.1 Å². The van der Waals surface area contributed by atoms with Gasteiger partial charge >= 0.3 is 0 Å². The molecule has 0 atom stereocenters. The van der Waals surface area contributed by atoms with E-state index in [1.165, 1.54) is 11.3 Å². The maximum atomic E-state index is 12.1. The monoisotopic (exact) mass is 315 g/mol. The van der Waals surface area contributed by atoms with Gasteiger partial charge in [0.25, 0.3) is 0 Å². The summed E-state index contributed by atoms with van der Waals surface area (Å²) >= 11 is 1.42. The smallest absolute Gasteiger partial charge is 0.241 e. The topological polar surface area (TPSA) is 84.2 Å². The molecule has 0 saturated heterocycles. The van der Waals surface area contributed by atoms with Crippen molar-refractivity contribution >= 4 is 21.4 Å². The third-order valence-electron chi connectivity index (χ3n) is 2.57.